The van der Waals surface area contributed by atoms with Crippen molar-refractivity contribution in [2.24, 2.45) is 0 Å². The van der Waals surface area contributed by atoms with Crippen molar-refractivity contribution in [1.82, 2.24) is 18.9 Å². The lowest BCUT2D eigenvalue weighted by molar-refractivity contribution is 0.667. The van der Waals surface area contributed by atoms with Crippen LogP contribution < -0.4 is 0 Å². The molecule has 0 aliphatic rings. The van der Waals surface area contributed by atoms with Crippen LogP contribution in [0.5, 0.6) is 0 Å². The number of rotatable bonds is 4. The third-order valence-corrected chi connectivity index (χ3v) is 12.9. The number of para-hydroxylation sites is 3. The molecule has 5 nitrogen and oxygen atoms in total. The molecule has 0 saturated heterocycles. The molecule has 14 aromatic rings. The fraction of sp³-hybridized carbons (Fsp3) is 0. The Hall–Kier alpha value is -8.28. The van der Waals surface area contributed by atoms with Crippen molar-refractivity contribution in [1.29, 1.82) is 0 Å². The van der Waals surface area contributed by atoms with Gasteiger partial charge in [0.15, 0.2) is 11.4 Å². The lowest BCUT2D eigenvalue weighted by atomic mass is 10.0. The number of fused-ring (bicyclic) bond motifs is 15. The van der Waals surface area contributed by atoms with E-state index in [4.69, 9.17) is 14.4 Å². The summed E-state index contributed by atoms with van der Waals surface area (Å²) in [7, 11) is 0. The maximum Gasteiger partial charge on any atom is 0.180 e. The fourth-order valence-electron chi connectivity index (χ4n) is 10.1. The van der Waals surface area contributed by atoms with Crippen LogP contribution in [0.1, 0.15) is 0 Å². The molecule has 0 amide bonds. The highest BCUT2D eigenvalue weighted by atomic mass is 16.3. The van der Waals surface area contributed by atoms with Gasteiger partial charge in [-0.15, -0.1) is 0 Å². The van der Waals surface area contributed by atoms with Crippen LogP contribution in [-0.4, -0.2) is 18.9 Å². The summed E-state index contributed by atoms with van der Waals surface area (Å²) in [6.45, 7) is 0. The Morgan fingerprint density at radius 2 is 1.02 bits per heavy atom. The smallest absolute Gasteiger partial charge is 0.180 e. The van der Waals surface area contributed by atoms with E-state index < -0.39 is 0 Å². The Balaban J connectivity index is 1.02. The highest BCUT2D eigenvalue weighted by Crippen LogP contribution is 2.47. The van der Waals surface area contributed by atoms with E-state index in [1.165, 1.54) is 76.2 Å². The molecule has 0 aliphatic carbocycles. The molecule has 0 bridgehead atoms. The summed E-state index contributed by atoms with van der Waals surface area (Å²) in [5, 5.41) is 11.0. The number of aromatic nitrogens is 4. The van der Waals surface area contributed by atoms with Gasteiger partial charge in [-0.25, -0.2) is 9.97 Å². The predicted octanol–water partition coefficient (Wildman–Crippen LogP) is 14.8. The van der Waals surface area contributed by atoms with Gasteiger partial charge in [0.2, 0.25) is 0 Å². The van der Waals surface area contributed by atoms with Gasteiger partial charge in [0, 0.05) is 59.9 Å². The molecular weight excluding hydrogens is 745 g/mol. The van der Waals surface area contributed by atoms with Crippen LogP contribution in [0.4, 0.5) is 0 Å². The van der Waals surface area contributed by atoms with E-state index in [2.05, 4.69) is 179 Å². The van der Waals surface area contributed by atoms with Crippen molar-refractivity contribution in [3.8, 4) is 39.5 Å². The molecule has 0 fully saturated rings. The molecule has 0 spiro atoms. The molecule has 61 heavy (non-hydrogen) atoms. The molecule has 282 valence electrons. The summed E-state index contributed by atoms with van der Waals surface area (Å²) in [5.74, 6) is 0.652. The summed E-state index contributed by atoms with van der Waals surface area (Å²) >= 11 is 0. The predicted molar refractivity (Wildman–Crippen MR) is 252 cm³/mol. The Morgan fingerprint density at radius 1 is 0.393 bits per heavy atom. The average Bonchev–Trinajstić information content (AvgIpc) is 4.07. The minimum Gasteiger partial charge on any atom is -0.452 e. The lowest BCUT2D eigenvalue weighted by Crippen LogP contribution is -1.97. The summed E-state index contributed by atoms with van der Waals surface area (Å²) < 4.78 is 11.5. The van der Waals surface area contributed by atoms with E-state index >= 15 is 0 Å². The molecule has 0 N–H and O–H groups in total. The molecular formula is C56H32N4O. The monoisotopic (exact) mass is 776 g/mol. The summed E-state index contributed by atoms with van der Waals surface area (Å²) in [5.41, 5.74) is 14.5. The Labute approximate surface area is 348 Å². The molecule has 9 aromatic carbocycles. The first-order chi connectivity index (χ1) is 30.3. The molecule has 0 saturated carbocycles. The number of hydrogen-bond acceptors (Lipinski definition) is 3. The standard InChI is InChI=1S/C56H32N4O/c1-2-12-33(13-3-1)34-22-24-36(25-23-34)50-55-51(43-18-8-11-21-48(43)61-55)58-56(57-50)37-26-29-38(30-27-37)59-52-39-15-5-4-14-35(39)28-31-41(52)45-32-44-40-16-6-9-19-46(40)60-47-20-10-7-17-42(47)49(53(45)59)54(44)60/h1-32H. The maximum absolute atomic E-state index is 6.50. The zero-order chi connectivity index (χ0) is 39.8. The van der Waals surface area contributed by atoms with Crippen LogP contribution in [0.3, 0.4) is 0 Å². The molecule has 5 aromatic heterocycles. The van der Waals surface area contributed by atoms with Gasteiger partial charge in [0.05, 0.1) is 27.6 Å². The zero-order valence-electron chi connectivity index (χ0n) is 32.7. The zero-order valence-corrected chi connectivity index (χ0v) is 32.7. The van der Waals surface area contributed by atoms with Crippen LogP contribution in [0.25, 0.3) is 132 Å². The van der Waals surface area contributed by atoms with E-state index in [9.17, 15) is 0 Å². The first-order valence-corrected chi connectivity index (χ1v) is 20.7. The Morgan fingerprint density at radius 3 is 1.84 bits per heavy atom. The fourth-order valence-corrected chi connectivity index (χ4v) is 10.1. The number of furan rings is 1. The van der Waals surface area contributed by atoms with Gasteiger partial charge >= 0.3 is 0 Å². The molecule has 0 atom stereocenters. The minimum absolute atomic E-state index is 0.652. The first kappa shape index (κ1) is 32.7. The molecule has 5 heterocycles. The quantitative estimate of drug-likeness (QED) is 0.179. The molecule has 14 rings (SSSR count). The SMILES string of the molecule is c1ccc(-c2ccc(-c3nc(-c4ccc(-n5c6c7ccccc7ccc6c6cc7c8ccccc8n8c9ccccc9c(c65)c78)cc4)nc4c3oc3ccccc34)cc2)cc1. The van der Waals surface area contributed by atoms with Gasteiger partial charge in [0.1, 0.15) is 16.8 Å². The van der Waals surface area contributed by atoms with Crippen LogP contribution in [0, 0.1) is 0 Å². The largest absolute Gasteiger partial charge is 0.452 e. The van der Waals surface area contributed by atoms with E-state index in [1.54, 1.807) is 0 Å². The van der Waals surface area contributed by atoms with Crippen molar-refractivity contribution in [2.45, 2.75) is 0 Å². The third kappa shape index (κ3) is 4.49. The molecule has 5 heteroatoms. The Kier molecular flexibility index (Phi) is 6.49. The highest BCUT2D eigenvalue weighted by molar-refractivity contribution is 6.35. The second-order valence-corrected chi connectivity index (χ2v) is 16.1. The van der Waals surface area contributed by atoms with Crippen LogP contribution >= 0.6 is 0 Å². The van der Waals surface area contributed by atoms with E-state index in [1.807, 2.05) is 24.3 Å². The van der Waals surface area contributed by atoms with Crippen LogP contribution in [-0.2, 0) is 0 Å². The van der Waals surface area contributed by atoms with Gasteiger partial charge in [-0.05, 0) is 71.1 Å². The van der Waals surface area contributed by atoms with E-state index in [0.29, 0.717) is 11.4 Å². The highest BCUT2D eigenvalue weighted by Gasteiger charge is 2.25. The molecule has 0 aliphatic heterocycles. The van der Waals surface area contributed by atoms with Crippen molar-refractivity contribution in [2.75, 3.05) is 0 Å². The van der Waals surface area contributed by atoms with Gasteiger partial charge in [-0.2, -0.15) is 0 Å². The topological polar surface area (TPSA) is 48.3 Å². The van der Waals surface area contributed by atoms with Gasteiger partial charge < -0.3 is 13.4 Å². The lowest BCUT2D eigenvalue weighted by Gasteiger charge is -2.12. The molecule has 0 radical (unpaired) electrons. The normalized spacial score (nSPS) is 12.3. The van der Waals surface area contributed by atoms with Crippen LogP contribution in [0.15, 0.2) is 199 Å². The Bertz CT molecular complexity index is 4080. The van der Waals surface area contributed by atoms with E-state index in [0.717, 1.165) is 44.6 Å². The van der Waals surface area contributed by atoms with Gasteiger partial charge in [-0.1, -0.05) is 140 Å². The van der Waals surface area contributed by atoms with Crippen molar-refractivity contribution in [3.63, 3.8) is 0 Å². The minimum atomic E-state index is 0.652. The second-order valence-electron chi connectivity index (χ2n) is 16.1. The number of nitrogens with zero attached hydrogens (tertiary/aromatic N) is 4. The summed E-state index contributed by atoms with van der Waals surface area (Å²) in [4.78, 5) is 10.5. The second kappa shape index (κ2) is 12.1. The van der Waals surface area contributed by atoms with Gasteiger partial charge in [-0.3, -0.25) is 0 Å². The van der Waals surface area contributed by atoms with Crippen LogP contribution in [0.2, 0.25) is 0 Å². The van der Waals surface area contributed by atoms with Crippen molar-refractivity contribution < 1.29 is 4.42 Å². The molecule has 0 unspecified atom stereocenters. The maximum atomic E-state index is 6.50. The number of hydrogen-bond donors (Lipinski definition) is 0. The summed E-state index contributed by atoms with van der Waals surface area (Å²) in [6.07, 6.45) is 0. The van der Waals surface area contributed by atoms with Gasteiger partial charge in [0.25, 0.3) is 0 Å². The van der Waals surface area contributed by atoms with E-state index in [-0.39, 0.29) is 0 Å². The summed E-state index contributed by atoms with van der Waals surface area (Å²) in [6, 6.07) is 69.4. The van der Waals surface area contributed by atoms with Crippen molar-refractivity contribution in [3.05, 3.63) is 194 Å². The third-order valence-electron chi connectivity index (χ3n) is 12.9. The average molecular weight is 777 g/mol. The first-order valence-electron chi connectivity index (χ1n) is 20.7. The number of benzene rings is 9. The van der Waals surface area contributed by atoms with Crippen molar-refractivity contribution >= 4 is 92.7 Å².